The van der Waals surface area contributed by atoms with Gasteiger partial charge in [0.05, 0.1) is 11.2 Å². The van der Waals surface area contributed by atoms with Crippen LogP contribution in [0.4, 0.5) is 13.2 Å². The van der Waals surface area contributed by atoms with Crippen molar-refractivity contribution in [3.8, 4) is 11.3 Å². The summed E-state index contributed by atoms with van der Waals surface area (Å²) in [6.45, 7) is 0.376. The van der Waals surface area contributed by atoms with Gasteiger partial charge in [-0.1, -0.05) is 0 Å². The van der Waals surface area contributed by atoms with E-state index in [9.17, 15) is 22.8 Å². The molecule has 1 amide bonds. The van der Waals surface area contributed by atoms with Crippen LogP contribution in [0.3, 0.4) is 0 Å². The van der Waals surface area contributed by atoms with Crippen molar-refractivity contribution in [1.82, 2.24) is 25.5 Å². The van der Waals surface area contributed by atoms with Gasteiger partial charge in [-0.3, -0.25) is 9.78 Å². The fraction of sp³-hybridized carbons (Fsp3) is 0.227. The summed E-state index contributed by atoms with van der Waals surface area (Å²) < 4.78 is 41.8. The van der Waals surface area contributed by atoms with Crippen LogP contribution >= 0.6 is 0 Å². The van der Waals surface area contributed by atoms with E-state index in [4.69, 9.17) is 0 Å². The van der Waals surface area contributed by atoms with Crippen molar-refractivity contribution in [3.63, 3.8) is 0 Å². The highest BCUT2D eigenvalue weighted by molar-refractivity contribution is 5.92. The van der Waals surface area contributed by atoms with Crippen LogP contribution in [0.25, 0.3) is 22.2 Å². The molecule has 2 aromatic carbocycles. The average molecular weight is 441 g/mol. The van der Waals surface area contributed by atoms with Crippen LogP contribution in [0.1, 0.15) is 34.9 Å². The normalized spacial score (nSPS) is 18.0. The Labute approximate surface area is 179 Å². The second-order valence-corrected chi connectivity index (χ2v) is 8.00. The monoisotopic (exact) mass is 441 g/mol. The van der Waals surface area contributed by atoms with Crippen molar-refractivity contribution < 1.29 is 18.0 Å². The molecule has 1 saturated carbocycles. The number of fused-ring (bicyclic) bond motifs is 1. The summed E-state index contributed by atoms with van der Waals surface area (Å²) in [6.07, 6.45) is 1.38. The lowest BCUT2D eigenvalue weighted by Gasteiger charge is -2.36. The predicted molar refractivity (Wildman–Crippen MR) is 111 cm³/mol. The quantitative estimate of drug-likeness (QED) is 0.380. The molecular formula is C22H18F3N5O2. The van der Waals surface area contributed by atoms with Crippen LogP contribution in [0, 0.1) is 23.4 Å². The van der Waals surface area contributed by atoms with Gasteiger partial charge in [0.1, 0.15) is 17.5 Å². The lowest BCUT2D eigenvalue weighted by atomic mass is 9.70. The summed E-state index contributed by atoms with van der Waals surface area (Å²) in [4.78, 5) is 28.5. The maximum absolute atomic E-state index is 14.4. The molecule has 0 spiro atoms. The molecule has 1 aliphatic rings. The molecule has 1 aliphatic carbocycles. The number of hydrogen-bond acceptors (Lipinski definition) is 3. The molecule has 164 valence electrons. The molecule has 7 nitrogen and oxygen atoms in total. The number of aromatic amines is 3. The van der Waals surface area contributed by atoms with Gasteiger partial charge < -0.3 is 10.3 Å². The standard InChI is InChI=1S/C22H18F3N5O2/c23-13-3-1-11(2-4-13)18-17(15-7-14(24)8-16(25)19(15)27-18)12-5-10(6-12)9-26-21(31)20-28-22(32)30-29-20/h1-4,7-8,10,12,27H,5-6,9H2,(H,26,31)(H2,28,29,30,32). The second kappa shape index (κ2) is 7.70. The van der Waals surface area contributed by atoms with E-state index in [2.05, 4.69) is 25.5 Å². The third-order valence-electron chi connectivity index (χ3n) is 5.91. The Morgan fingerprint density at radius 3 is 2.50 bits per heavy atom. The number of amides is 1. The van der Waals surface area contributed by atoms with Crippen molar-refractivity contribution in [1.29, 1.82) is 0 Å². The molecule has 32 heavy (non-hydrogen) atoms. The van der Waals surface area contributed by atoms with Gasteiger partial charge in [0.15, 0.2) is 0 Å². The Balaban J connectivity index is 1.39. The molecule has 0 bridgehead atoms. The zero-order chi connectivity index (χ0) is 22.4. The first-order valence-corrected chi connectivity index (χ1v) is 10.1. The number of hydrogen-bond donors (Lipinski definition) is 4. The van der Waals surface area contributed by atoms with Gasteiger partial charge in [0, 0.05) is 18.0 Å². The fourth-order valence-electron chi connectivity index (χ4n) is 4.34. The van der Waals surface area contributed by atoms with E-state index < -0.39 is 23.2 Å². The van der Waals surface area contributed by atoms with Crippen molar-refractivity contribution in [2.24, 2.45) is 5.92 Å². The smallest absolute Gasteiger partial charge is 0.341 e. The molecule has 0 unspecified atom stereocenters. The van der Waals surface area contributed by atoms with Crippen LogP contribution in [-0.4, -0.2) is 32.6 Å². The number of aromatic nitrogens is 4. The van der Waals surface area contributed by atoms with Crippen LogP contribution in [0.15, 0.2) is 41.2 Å². The number of carbonyl (C=O) groups is 1. The Bertz CT molecular complexity index is 1370. The van der Waals surface area contributed by atoms with Gasteiger partial charge in [-0.25, -0.2) is 23.1 Å². The van der Waals surface area contributed by atoms with Gasteiger partial charge in [0.2, 0.25) is 5.82 Å². The van der Waals surface area contributed by atoms with Crippen LogP contribution < -0.4 is 11.0 Å². The van der Waals surface area contributed by atoms with Gasteiger partial charge >= 0.3 is 5.69 Å². The van der Waals surface area contributed by atoms with Crippen molar-refractivity contribution >= 4 is 16.8 Å². The molecule has 4 N–H and O–H groups in total. The summed E-state index contributed by atoms with van der Waals surface area (Å²) in [5.74, 6) is -2.16. The first kappa shape index (κ1) is 20.1. The van der Waals surface area contributed by atoms with Gasteiger partial charge in [0.25, 0.3) is 5.91 Å². The third kappa shape index (κ3) is 3.57. The summed E-state index contributed by atoms with van der Waals surface area (Å²) >= 11 is 0. The molecule has 0 saturated heterocycles. The lowest BCUT2D eigenvalue weighted by Crippen LogP contribution is -2.36. The molecular weight excluding hydrogens is 423 g/mol. The second-order valence-electron chi connectivity index (χ2n) is 8.00. The maximum Gasteiger partial charge on any atom is 0.341 e. The van der Waals surface area contributed by atoms with E-state index in [0.717, 1.165) is 11.6 Å². The first-order chi connectivity index (χ1) is 15.4. The Morgan fingerprint density at radius 1 is 1.06 bits per heavy atom. The molecule has 2 heterocycles. The first-order valence-electron chi connectivity index (χ1n) is 10.1. The van der Waals surface area contributed by atoms with Gasteiger partial charge in [-0.05, 0) is 66.1 Å². The Morgan fingerprint density at radius 2 is 1.81 bits per heavy atom. The van der Waals surface area contributed by atoms with E-state index >= 15 is 0 Å². The summed E-state index contributed by atoms with van der Waals surface area (Å²) in [5.41, 5.74) is 1.73. The van der Waals surface area contributed by atoms with Crippen LogP contribution in [-0.2, 0) is 0 Å². The highest BCUT2D eigenvalue weighted by atomic mass is 19.1. The minimum atomic E-state index is -0.689. The molecule has 0 radical (unpaired) electrons. The number of H-pyrrole nitrogens is 3. The third-order valence-corrected chi connectivity index (χ3v) is 5.91. The van der Waals surface area contributed by atoms with Crippen molar-refractivity contribution in [2.45, 2.75) is 18.8 Å². The molecule has 1 fully saturated rings. The van der Waals surface area contributed by atoms with Crippen LogP contribution in [0.2, 0.25) is 0 Å². The summed E-state index contributed by atoms with van der Waals surface area (Å²) in [7, 11) is 0. The zero-order valence-corrected chi connectivity index (χ0v) is 16.6. The van der Waals surface area contributed by atoms with E-state index in [1.54, 1.807) is 12.1 Å². The number of carbonyl (C=O) groups excluding carboxylic acids is 1. The van der Waals surface area contributed by atoms with E-state index in [1.807, 2.05) is 0 Å². The Kier molecular flexibility index (Phi) is 4.84. The predicted octanol–water partition coefficient (Wildman–Crippen LogP) is 3.59. The largest absolute Gasteiger partial charge is 0.352 e. The number of rotatable bonds is 5. The number of nitrogens with one attached hydrogen (secondary N) is 4. The van der Waals surface area contributed by atoms with E-state index in [-0.39, 0.29) is 29.0 Å². The molecule has 10 heteroatoms. The van der Waals surface area contributed by atoms with Crippen molar-refractivity contribution in [3.05, 3.63) is 75.7 Å². The number of benzene rings is 2. The molecule has 4 aromatic rings. The highest BCUT2D eigenvalue weighted by Crippen LogP contribution is 2.48. The molecule has 2 aromatic heterocycles. The molecule has 0 atom stereocenters. The SMILES string of the molecule is O=C(NCC1CC(c2c(-c3ccc(F)cc3)[nH]c3c(F)cc(F)cc23)C1)c1n[nH]c(=O)[nH]1. The number of halogens is 3. The average Bonchev–Trinajstić information content (AvgIpc) is 3.32. The minimum absolute atomic E-state index is 0.0112. The van der Waals surface area contributed by atoms with Gasteiger partial charge in [-0.15, -0.1) is 5.10 Å². The fourth-order valence-corrected chi connectivity index (χ4v) is 4.34. The zero-order valence-electron chi connectivity index (χ0n) is 16.6. The minimum Gasteiger partial charge on any atom is -0.352 e. The summed E-state index contributed by atoms with van der Waals surface area (Å²) in [5, 5.41) is 8.91. The number of nitrogens with zero attached hydrogens (tertiary/aromatic N) is 1. The maximum atomic E-state index is 14.4. The Hall–Kier alpha value is -3.82. The van der Waals surface area contributed by atoms with E-state index in [0.29, 0.717) is 36.0 Å². The van der Waals surface area contributed by atoms with Gasteiger partial charge in [-0.2, -0.15) is 0 Å². The summed E-state index contributed by atoms with van der Waals surface area (Å²) in [6, 6.07) is 7.97. The lowest BCUT2D eigenvalue weighted by molar-refractivity contribution is 0.0925. The molecule has 0 aliphatic heterocycles. The van der Waals surface area contributed by atoms with Crippen LogP contribution in [0.5, 0.6) is 0 Å². The highest BCUT2D eigenvalue weighted by Gasteiger charge is 2.35. The van der Waals surface area contributed by atoms with Crippen molar-refractivity contribution in [2.75, 3.05) is 6.54 Å². The van der Waals surface area contributed by atoms with E-state index in [1.165, 1.54) is 18.2 Å². The molecule has 5 rings (SSSR count). The topological polar surface area (TPSA) is 106 Å².